The first kappa shape index (κ1) is 10.7. The highest BCUT2D eigenvalue weighted by Crippen LogP contribution is 2.28. The van der Waals surface area contributed by atoms with Crippen LogP contribution in [0.3, 0.4) is 0 Å². The van der Waals surface area contributed by atoms with E-state index in [1.807, 2.05) is 37.4 Å². The van der Waals surface area contributed by atoms with Crippen molar-refractivity contribution in [1.29, 1.82) is 0 Å². The monoisotopic (exact) mass is 217 g/mol. The zero-order valence-electron chi connectivity index (χ0n) is 9.23. The van der Waals surface area contributed by atoms with Crippen LogP contribution in [0.25, 0.3) is 10.9 Å². The summed E-state index contributed by atoms with van der Waals surface area (Å²) in [6, 6.07) is 7.80. The van der Waals surface area contributed by atoms with E-state index in [4.69, 9.17) is 0 Å². The maximum absolute atomic E-state index is 11.2. The van der Waals surface area contributed by atoms with Gasteiger partial charge in [-0.1, -0.05) is 31.5 Å². The number of H-pyrrole nitrogens is 1. The number of aromatic nitrogens is 1. The summed E-state index contributed by atoms with van der Waals surface area (Å²) in [6.07, 6.45) is 3.37. The van der Waals surface area contributed by atoms with Crippen LogP contribution in [0.15, 0.2) is 30.5 Å². The summed E-state index contributed by atoms with van der Waals surface area (Å²) in [5.74, 6) is -1.15. The predicted octanol–water partition coefficient (Wildman–Crippen LogP) is 3.14. The Morgan fingerprint density at radius 3 is 2.88 bits per heavy atom. The van der Waals surface area contributed by atoms with Gasteiger partial charge in [0, 0.05) is 17.1 Å². The fraction of sp³-hybridized carbons (Fsp3) is 0.308. The molecule has 2 N–H and O–H groups in total. The van der Waals surface area contributed by atoms with Crippen LogP contribution in [0.5, 0.6) is 0 Å². The number of hydrogen-bond acceptors (Lipinski definition) is 1. The van der Waals surface area contributed by atoms with Crippen LogP contribution in [0, 0.1) is 0 Å². The lowest BCUT2D eigenvalue weighted by atomic mass is 9.94. The van der Waals surface area contributed by atoms with Gasteiger partial charge in [0.05, 0.1) is 5.92 Å². The van der Waals surface area contributed by atoms with E-state index in [-0.39, 0.29) is 0 Å². The minimum Gasteiger partial charge on any atom is -0.481 e. The Balaban J connectivity index is 2.48. The number of carboxylic acids is 1. The fourth-order valence-corrected chi connectivity index (χ4v) is 2.08. The number of aliphatic carboxylic acids is 1. The lowest BCUT2D eigenvalue weighted by Gasteiger charge is -2.09. The lowest BCUT2D eigenvalue weighted by molar-refractivity contribution is -0.138. The predicted molar refractivity (Wildman–Crippen MR) is 63.6 cm³/mol. The molecule has 0 fully saturated rings. The van der Waals surface area contributed by atoms with Crippen molar-refractivity contribution in [1.82, 2.24) is 4.98 Å². The molecule has 1 aromatic carbocycles. The van der Waals surface area contributed by atoms with Gasteiger partial charge in [-0.25, -0.2) is 0 Å². The average molecular weight is 217 g/mol. The van der Waals surface area contributed by atoms with E-state index >= 15 is 0 Å². The standard InChI is InChI=1S/C13H15NO2/c1-2-5-10(13(15)16)11-8-14-12-7-4-3-6-9(11)12/h3-4,6-8,10,14H,2,5H2,1H3,(H,15,16)/t10-/m1/s1. The van der Waals surface area contributed by atoms with Crippen molar-refractivity contribution in [2.45, 2.75) is 25.7 Å². The summed E-state index contributed by atoms with van der Waals surface area (Å²) in [5, 5.41) is 10.2. The second-order valence-electron chi connectivity index (χ2n) is 3.97. The quantitative estimate of drug-likeness (QED) is 0.826. The van der Waals surface area contributed by atoms with Gasteiger partial charge in [0.15, 0.2) is 0 Å². The Labute approximate surface area is 94.1 Å². The van der Waals surface area contributed by atoms with Crippen molar-refractivity contribution >= 4 is 16.9 Å². The molecule has 1 aromatic heterocycles. The van der Waals surface area contributed by atoms with Crippen LogP contribution in [0.1, 0.15) is 31.2 Å². The first-order valence-corrected chi connectivity index (χ1v) is 5.53. The normalized spacial score (nSPS) is 12.8. The molecule has 2 aromatic rings. The number of rotatable bonds is 4. The average Bonchev–Trinajstić information content (AvgIpc) is 2.69. The minimum atomic E-state index is -0.744. The highest BCUT2D eigenvalue weighted by molar-refractivity contribution is 5.89. The molecule has 0 radical (unpaired) electrons. The SMILES string of the molecule is CCC[C@@H](C(=O)O)c1c[nH]c2ccccc12. The maximum Gasteiger partial charge on any atom is 0.311 e. The molecule has 3 nitrogen and oxygen atoms in total. The first-order chi connectivity index (χ1) is 7.74. The lowest BCUT2D eigenvalue weighted by Crippen LogP contribution is -2.10. The van der Waals surface area contributed by atoms with Gasteiger partial charge >= 0.3 is 5.97 Å². The number of benzene rings is 1. The van der Waals surface area contributed by atoms with E-state index in [9.17, 15) is 9.90 Å². The van der Waals surface area contributed by atoms with E-state index in [0.29, 0.717) is 6.42 Å². The molecule has 0 saturated heterocycles. The third-order valence-electron chi connectivity index (χ3n) is 2.87. The molecule has 0 aliphatic heterocycles. The Kier molecular flexibility index (Phi) is 2.95. The van der Waals surface area contributed by atoms with Gasteiger partial charge < -0.3 is 10.1 Å². The summed E-state index contributed by atoms with van der Waals surface area (Å²) >= 11 is 0. The molecule has 0 bridgehead atoms. The number of para-hydroxylation sites is 1. The van der Waals surface area contributed by atoms with Crippen molar-refractivity contribution < 1.29 is 9.90 Å². The van der Waals surface area contributed by atoms with Crippen molar-refractivity contribution in [2.24, 2.45) is 0 Å². The summed E-state index contributed by atoms with van der Waals surface area (Å²) in [7, 11) is 0. The van der Waals surface area contributed by atoms with Gasteiger partial charge in [-0.05, 0) is 18.1 Å². The van der Waals surface area contributed by atoms with E-state index in [1.54, 1.807) is 0 Å². The second-order valence-corrected chi connectivity index (χ2v) is 3.97. The Bertz CT molecular complexity index is 501. The van der Waals surface area contributed by atoms with Gasteiger partial charge in [0.2, 0.25) is 0 Å². The zero-order chi connectivity index (χ0) is 11.5. The fourth-order valence-electron chi connectivity index (χ4n) is 2.08. The number of aromatic amines is 1. The second kappa shape index (κ2) is 4.39. The summed E-state index contributed by atoms with van der Waals surface area (Å²) in [6.45, 7) is 2.00. The van der Waals surface area contributed by atoms with Crippen LogP contribution in [-0.4, -0.2) is 16.1 Å². The number of carbonyl (C=O) groups is 1. The van der Waals surface area contributed by atoms with Gasteiger partial charge in [-0.2, -0.15) is 0 Å². The van der Waals surface area contributed by atoms with Crippen molar-refractivity contribution in [3.63, 3.8) is 0 Å². The Morgan fingerprint density at radius 2 is 2.19 bits per heavy atom. The topological polar surface area (TPSA) is 53.1 Å². The zero-order valence-corrected chi connectivity index (χ0v) is 9.23. The molecule has 16 heavy (non-hydrogen) atoms. The Morgan fingerprint density at radius 1 is 1.44 bits per heavy atom. The summed E-state index contributed by atoms with van der Waals surface area (Å²) < 4.78 is 0. The van der Waals surface area contributed by atoms with Crippen LogP contribution < -0.4 is 0 Å². The van der Waals surface area contributed by atoms with Crippen LogP contribution >= 0.6 is 0 Å². The van der Waals surface area contributed by atoms with E-state index in [2.05, 4.69) is 4.98 Å². The molecule has 0 aliphatic rings. The van der Waals surface area contributed by atoms with E-state index < -0.39 is 11.9 Å². The van der Waals surface area contributed by atoms with Gasteiger partial charge in [-0.15, -0.1) is 0 Å². The number of hydrogen-bond donors (Lipinski definition) is 2. The van der Waals surface area contributed by atoms with Crippen LogP contribution in [-0.2, 0) is 4.79 Å². The smallest absolute Gasteiger partial charge is 0.311 e. The molecule has 0 spiro atoms. The first-order valence-electron chi connectivity index (χ1n) is 5.53. The summed E-state index contributed by atoms with van der Waals surface area (Å²) in [5.41, 5.74) is 1.89. The molecule has 84 valence electrons. The molecule has 3 heteroatoms. The molecular formula is C13H15NO2. The minimum absolute atomic E-state index is 0.402. The molecule has 0 unspecified atom stereocenters. The molecular weight excluding hydrogens is 202 g/mol. The number of fused-ring (bicyclic) bond motifs is 1. The van der Waals surface area contributed by atoms with E-state index in [0.717, 1.165) is 22.9 Å². The molecule has 1 heterocycles. The van der Waals surface area contributed by atoms with Crippen molar-refractivity contribution in [3.05, 3.63) is 36.0 Å². The highest BCUT2D eigenvalue weighted by atomic mass is 16.4. The van der Waals surface area contributed by atoms with Crippen molar-refractivity contribution in [3.8, 4) is 0 Å². The maximum atomic E-state index is 11.2. The van der Waals surface area contributed by atoms with Crippen LogP contribution in [0.4, 0.5) is 0 Å². The molecule has 2 rings (SSSR count). The third kappa shape index (κ3) is 1.81. The highest BCUT2D eigenvalue weighted by Gasteiger charge is 2.21. The number of nitrogens with one attached hydrogen (secondary N) is 1. The molecule has 0 amide bonds. The molecule has 1 atom stereocenters. The van der Waals surface area contributed by atoms with Crippen LogP contribution in [0.2, 0.25) is 0 Å². The van der Waals surface area contributed by atoms with Gasteiger partial charge in [-0.3, -0.25) is 4.79 Å². The summed E-state index contributed by atoms with van der Waals surface area (Å²) in [4.78, 5) is 14.3. The van der Waals surface area contributed by atoms with E-state index in [1.165, 1.54) is 0 Å². The van der Waals surface area contributed by atoms with Crippen molar-refractivity contribution in [2.75, 3.05) is 0 Å². The largest absolute Gasteiger partial charge is 0.481 e. The Hall–Kier alpha value is -1.77. The molecule has 0 saturated carbocycles. The van der Waals surface area contributed by atoms with Gasteiger partial charge in [0.1, 0.15) is 0 Å². The number of carboxylic acid groups (broad SMARTS) is 1. The van der Waals surface area contributed by atoms with Gasteiger partial charge in [0.25, 0.3) is 0 Å². The third-order valence-corrected chi connectivity index (χ3v) is 2.87. The molecule has 0 aliphatic carbocycles.